The molecule has 1 atom stereocenters. The molecule has 0 saturated heterocycles. The SMILES string of the molecule is CC(F)/C(F)=C/Cn1cnc2c(SCc3ccc([N+](=O)[O-])cc3)ncnc21. The summed E-state index contributed by atoms with van der Waals surface area (Å²) < 4.78 is 27.9. The van der Waals surface area contributed by atoms with Crippen LogP contribution in [-0.4, -0.2) is 30.6 Å². The summed E-state index contributed by atoms with van der Waals surface area (Å²) in [5, 5.41) is 11.3. The van der Waals surface area contributed by atoms with Gasteiger partial charge in [0.05, 0.1) is 11.3 Å². The zero-order valence-corrected chi connectivity index (χ0v) is 15.1. The van der Waals surface area contributed by atoms with E-state index >= 15 is 0 Å². The van der Waals surface area contributed by atoms with Crippen molar-refractivity contribution >= 4 is 28.6 Å². The predicted octanol–water partition coefficient (Wildman–Crippen LogP) is 4.24. The van der Waals surface area contributed by atoms with E-state index in [2.05, 4.69) is 15.0 Å². The van der Waals surface area contributed by atoms with Gasteiger partial charge in [-0.05, 0) is 18.6 Å². The second-order valence-corrected chi connectivity index (χ2v) is 6.63. The van der Waals surface area contributed by atoms with Crippen molar-refractivity contribution in [1.82, 2.24) is 19.5 Å². The average molecular weight is 391 g/mol. The highest BCUT2D eigenvalue weighted by atomic mass is 32.2. The van der Waals surface area contributed by atoms with Crippen molar-refractivity contribution in [2.75, 3.05) is 0 Å². The highest BCUT2D eigenvalue weighted by Gasteiger charge is 2.12. The Bertz CT molecular complexity index is 989. The van der Waals surface area contributed by atoms with Gasteiger partial charge in [-0.15, -0.1) is 0 Å². The van der Waals surface area contributed by atoms with E-state index in [9.17, 15) is 18.9 Å². The molecule has 10 heteroatoms. The lowest BCUT2D eigenvalue weighted by atomic mass is 10.2. The number of hydrogen-bond donors (Lipinski definition) is 0. The molecule has 0 N–H and O–H groups in total. The number of fused-ring (bicyclic) bond motifs is 1. The van der Waals surface area contributed by atoms with Crippen molar-refractivity contribution in [1.29, 1.82) is 0 Å². The number of hydrogen-bond acceptors (Lipinski definition) is 6. The van der Waals surface area contributed by atoms with Gasteiger partial charge in [-0.3, -0.25) is 10.1 Å². The molecular weight excluding hydrogens is 376 g/mol. The fraction of sp³-hybridized carbons (Fsp3) is 0.235. The molecule has 0 amide bonds. The number of alkyl halides is 1. The van der Waals surface area contributed by atoms with E-state index in [0.717, 1.165) is 18.6 Å². The van der Waals surface area contributed by atoms with Crippen LogP contribution in [0.25, 0.3) is 11.2 Å². The van der Waals surface area contributed by atoms with E-state index in [0.29, 0.717) is 21.9 Å². The Morgan fingerprint density at radius 1 is 1.33 bits per heavy atom. The molecule has 0 saturated carbocycles. The second-order valence-electron chi connectivity index (χ2n) is 5.67. The Kier molecular flexibility index (Phi) is 5.75. The number of non-ortho nitro benzene ring substituents is 1. The van der Waals surface area contributed by atoms with Crippen molar-refractivity contribution in [2.45, 2.75) is 30.4 Å². The lowest BCUT2D eigenvalue weighted by molar-refractivity contribution is -0.384. The fourth-order valence-corrected chi connectivity index (χ4v) is 3.21. The molecule has 0 radical (unpaired) electrons. The summed E-state index contributed by atoms with van der Waals surface area (Å²) >= 11 is 1.41. The number of rotatable bonds is 7. The Labute approximate surface area is 157 Å². The summed E-state index contributed by atoms with van der Waals surface area (Å²) in [5.41, 5.74) is 2.02. The molecule has 0 spiro atoms. The zero-order valence-electron chi connectivity index (χ0n) is 14.2. The van der Waals surface area contributed by atoms with E-state index in [-0.39, 0.29) is 12.2 Å². The molecule has 0 aliphatic rings. The Morgan fingerprint density at radius 2 is 2.07 bits per heavy atom. The van der Waals surface area contributed by atoms with Gasteiger partial charge < -0.3 is 4.57 Å². The molecule has 0 fully saturated rings. The zero-order chi connectivity index (χ0) is 19.4. The van der Waals surface area contributed by atoms with Gasteiger partial charge in [-0.25, -0.2) is 23.7 Å². The maximum Gasteiger partial charge on any atom is 0.269 e. The normalized spacial score (nSPS) is 13.1. The van der Waals surface area contributed by atoms with Gasteiger partial charge in [-0.1, -0.05) is 23.9 Å². The number of aromatic nitrogens is 4. The number of nitrogens with zero attached hydrogens (tertiary/aromatic N) is 5. The minimum Gasteiger partial charge on any atom is -0.311 e. The molecule has 2 aromatic heterocycles. The second kappa shape index (κ2) is 8.21. The molecule has 0 bridgehead atoms. The quantitative estimate of drug-likeness (QED) is 0.259. The van der Waals surface area contributed by atoms with E-state index in [1.54, 1.807) is 16.7 Å². The van der Waals surface area contributed by atoms with Crippen LogP contribution >= 0.6 is 11.8 Å². The van der Waals surface area contributed by atoms with E-state index in [1.165, 1.54) is 36.5 Å². The summed E-state index contributed by atoms with van der Waals surface area (Å²) in [4.78, 5) is 22.9. The van der Waals surface area contributed by atoms with E-state index < -0.39 is 16.9 Å². The molecule has 1 unspecified atom stereocenters. The van der Waals surface area contributed by atoms with Crippen LogP contribution in [0.4, 0.5) is 14.5 Å². The van der Waals surface area contributed by atoms with Crippen LogP contribution < -0.4 is 0 Å². The van der Waals surface area contributed by atoms with Crippen molar-refractivity contribution in [3.63, 3.8) is 0 Å². The summed E-state index contributed by atoms with van der Waals surface area (Å²) in [7, 11) is 0. The summed E-state index contributed by atoms with van der Waals surface area (Å²) in [6.45, 7) is 1.24. The van der Waals surface area contributed by atoms with Crippen LogP contribution in [0.1, 0.15) is 12.5 Å². The van der Waals surface area contributed by atoms with Crippen LogP contribution in [0.2, 0.25) is 0 Å². The Hall–Kier alpha value is -2.88. The third-order valence-corrected chi connectivity index (χ3v) is 4.80. The monoisotopic (exact) mass is 391 g/mol. The Balaban J connectivity index is 1.76. The number of imidazole rings is 1. The molecule has 3 rings (SSSR count). The highest BCUT2D eigenvalue weighted by molar-refractivity contribution is 7.98. The minimum atomic E-state index is -1.65. The molecule has 140 valence electrons. The molecule has 7 nitrogen and oxygen atoms in total. The lowest BCUT2D eigenvalue weighted by Crippen LogP contribution is -1.99. The molecule has 2 heterocycles. The number of allylic oxidation sites excluding steroid dienone is 2. The van der Waals surface area contributed by atoms with Gasteiger partial charge in [0.15, 0.2) is 5.65 Å². The van der Waals surface area contributed by atoms with Crippen LogP contribution in [0.15, 0.2) is 53.8 Å². The van der Waals surface area contributed by atoms with Crippen molar-refractivity contribution in [2.24, 2.45) is 0 Å². The fourth-order valence-electron chi connectivity index (χ4n) is 2.31. The molecule has 1 aromatic carbocycles. The third kappa shape index (κ3) is 4.45. The molecular formula is C17H15F2N5O2S. The lowest BCUT2D eigenvalue weighted by Gasteiger charge is -2.04. The number of thioether (sulfide) groups is 1. The van der Waals surface area contributed by atoms with Gasteiger partial charge in [0.25, 0.3) is 5.69 Å². The van der Waals surface area contributed by atoms with Gasteiger partial charge in [0, 0.05) is 24.4 Å². The summed E-state index contributed by atoms with van der Waals surface area (Å²) in [6, 6.07) is 6.28. The maximum absolute atomic E-state index is 13.4. The maximum atomic E-state index is 13.4. The molecule has 27 heavy (non-hydrogen) atoms. The van der Waals surface area contributed by atoms with Crippen molar-refractivity contribution in [3.8, 4) is 0 Å². The number of nitro benzene ring substituents is 1. The first-order valence-corrected chi connectivity index (χ1v) is 8.96. The standard InChI is InChI=1S/C17H15F2N5O2S/c1-11(18)14(19)6-7-23-10-22-15-16(23)20-9-21-17(15)27-8-12-2-4-13(5-3-12)24(25)26/h2-6,9-11H,7-8H2,1H3/b14-6-. The summed E-state index contributed by atoms with van der Waals surface area (Å²) in [5.74, 6) is -0.288. The third-order valence-electron chi connectivity index (χ3n) is 3.75. The number of benzene rings is 1. The Morgan fingerprint density at radius 3 is 2.74 bits per heavy atom. The van der Waals surface area contributed by atoms with Crippen LogP contribution in [-0.2, 0) is 12.3 Å². The van der Waals surface area contributed by atoms with E-state index in [1.807, 2.05) is 0 Å². The first kappa shape index (κ1) is 18.9. The largest absolute Gasteiger partial charge is 0.311 e. The van der Waals surface area contributed by atoms with Crippen molar-refractivity contribution < 1.29 is 13.7 Å². The topological polar surface area (TPSA) is 86.7 Å². The first-order valence-electron chi connectivity index (χ1n) is 7.97. The van der Waals surface area contributed by atoms with Gasteiger partial charge >= 0.3 is 0 Å². The van der Waals surface area contributed by atoms with Crippen LogP contribution in [0, 0.1) is 10.1 Å². The predicted molar refractivity (Wildman–Crippen MR) is 97.7 cm³/mol. The summed E-state index contributed by atoms with van der Waals surface area (Å²) in [6.07, 6.45) is 2.39. The first-order chi connectivity index (χ1) is 13.0. The molecule has 0 aliphatic heterocycles. The van der Waals surface area contributed by atoms with Gasteiger partial charge in [0.1, 0.15) is 28.9 Å². The average Bonchev–Trinajstić information content (AvgIpc) is 3.08. The molecule has 3 aromatic rings. The van der Waals surface area contributed by atoms with Crippen molar-refractivity contribution in [3.05, 3.63) is 64.5 Å². The van der Waals surface area contributed by atoms with Crippen LogP contribution in [0.3, 0.4) is 0 Å². The number of nitro groups is 1. The number of halogens is 2. The highest BCUT2D eigenvalue weighted by Crippen LogP contribution is 2.27. The molecule has 0 aliphatic carbocycles. The van der Waals surface area contributed by atoms with E-state index in [4.69, 9.17) is 0 Å². The van der Waals surface area contributed by atoms with Gasteiger partial charge in [0.2, 0.25) is 0 Å². The minimum absolute atomic E-state index is 0.0369. The van der Waals surface area contributed by atoms with Gasteiger partial charge in [-0.2, -0.15) is 0 Å². The smallest absolute Gasteiger partial charge is 0.269 e. The van der Waals surface area contributed by atoms with Crippen LogP contribution in [0.5, 0.6) is 0 Å².